The number of methoxy groups -OCH3 is 2. The van der Waals surface area contributed by atoms with Crippen LogP contribution in [0.15, 0.2) is 42.2 Å². The second kappa shape index (κ2) is 6.97. The molecule has 0 saturated heterocycles. The first-order chi connectivity index (χ1) is 12.2. The van der Waals surface area contributed by atoms with Crippen LogP contribution in [0.25, 0.3) is 6.08 Å². The van der Waals surface area contributed by atoms with E-state index in [0.29, 0.717) is 34.1 Å². The Kier molecular flexibility index (Phi) is 4.57. The summed E-state index contributed by atoms with van der Waals surface area (Å²) in [5.41, 5.74) is 1.14. The van der Waals surface area contributed by atoms with Gasteiger partial charge >= 0.3 is 0 Å². The van der Waals surface area contributed by atoms with Crippen LogP contribution >= 0.6 is 0 Å². The molecule has 0 spiro atoms. The Bertz CT molecular complexity index is 895. The van der Waals surface area contributed by atoms with E-state index in [4.69, 9.17) is 24.2 Å². The van der Waals surface area contributed by atoms with E-state index in [1.165, 1.54) is 0 Å². The maximum atomic E-state index is 12.5. The summed E-state index contributed by atoms with van der Waals surface area (Å²) in [6, 6.07) is 12.0. The molecule has 25 heavy (non-hydrogen) atoms. The van der Waals surface area contributed by atoms with Gasteiger partial charge in [-0.25, -0.2) is 0 Å². The van der Waals surface area contributed by atoms with Gasteiger partial charge in [0, 0.05) is 17.7 Å². The Balaban J connectivity index is 1.91. The molecule has 0 unspecified atom stereocenters. The van der Waals surface area contributed by atoms with Crippen molar-refractivity contribution in [2.75, 3.05) is 20.8 Å². The summed E-state index contributed by atoms with van der Waals surface area (Å²) < 4.78 is 21.4. The summed E-state index contributed by atoms with van der Waals surface area (Å²) >= 11 is 0. The standard InChI is InChI=1S/C19H15NO5/c1-22-13-4-3-12(16(10-13)23-2)9-18-19(21)15-6-5-14(24-8-7-20)11-17(15)25-18/h3-6,9-11H,8H2,1-2H3. The Labute approximate surface area is 144 Å². The van der Waals surface area contributed by atoms with E-state index in [-0.39, 0.29) is 18.1 Å². The summed E-state index contributed by atoms with van der Waals surface area (Å²) in [6.07, 6.45) is 1.62. The minimum Gasteiger partial charge on any atom is -0.497 e. The van der Waals surface area contributed by atoms with E-state index >= 15 is 0 Å². The lowest BCUT2D eigenvalue weighted by Crippen LogP contribution is -1.99. The lowest BCUT2D eigenvalue weighted by atomic mass is 10.1. The van der Waals surface area contributed by atoms with Crippen LogP contribution in [0.4, 0.5) is 0 Å². The number of Topliss-reactive ketones (excluding diaryl/α,β-unsaturated/α-hetero) is 1. The number of ether oxygens (including phenoxy) is 4. The van der Waals surface area contributed by atoms with Gasteiger partial charge in [-0.05, 0) is 30.3 Å². The summed E-state index contributed by atoms with van der Waals surface area (Å²) in [5.74, 6) is 2.06. The van der Waals surface area contributed by atoms with Crippen molar-refractivity contribution in [1.29, 1.82) is 5.26 Å². The predicted molar refractivity (Wildman–Crippen MR) is 90.0 cm³/mol. The van der Waals surface area contributed by atoms with Crippen molar-refractivity contribution in [2.45, 2.75) is 0 Å². The highest BCUT2D eigenvalue weighted by atomic mass is 16.5. The van der Waals surface area contributed by atoms with E-state index in [9.17, 15) is 4.79 Å². The van der Waals surface area contributed by atoms with Gasteiger partial charge in [0.25, 0.3) is 0 Å². The molecular weight excluding hydrogens is 322 g/mol. The first kappa shape index (κ1) is 16.4. The molecule has 1 heterocycles. The zero-order valence-corrected chi connectivity index (χ0v) is 13.7. The Morgan fingerprint density at radius 3 is 2.64 bits per heavy atom. The van der Waals surface area contributed by atoms with Crippen LogP contribution in [0.2, 0.25) is 0 Å². The highest BCUT2D eigenvalue weighted by Gasteiger charge is 2.28. The predicted octanol–water partition coefficient (Wildman–Crippen LogP) is 3.22. The van der Waals surface area contributed by atoms with Crippen LogP contribution in [0.5, 0.6) is 23.0 Å². The number of nitrogens with zero attached hydrogens (tertiary/aromatic N) is 1. The van der Waals surface area contributed by atoms with Gasteiger partial charge in [0.2, 0.25) is 5.78 Å². The summed E-state index contributed by atoms with van der Waals surface area (Å²) in [4.78, 5) is 12.5. The van der Waals surface area contributed by atoms with Crippen LogP contribution in [0.3, 0.4) is 0 Å². The number of hydrogen-bond acceptors (Lipinski definition) is 6. The minimum absolute atomic E-state index is 0.0710. The van der Waals surface area contributed by atoms with E-state index in [0.717, 1.165) is 0 Å². The van der Waals surface area contributed by atoms with Gasteiger partial charge in [0.05, 0.1) is 19.8 Å². The highest BCUT2D eigenvalue weighted by Crippen LogP contribution is 2.36. The minimum atomic E-state index is -0.222. The molecule has 126 valence electrons. The van der Waals surface area contributed by atoms with Gasteiger partial charge in [-0.1, -0.05) is 0 Å². The molecule has 0 aromatic heterocycles. The van der Waals surface area contributed by atoms with Gasteiger partial charge in [0.1, 0.15) is 29.1 Å². The van der Waals surface area contributed by atoms with Crippen LogP contribution in [0.1, 0.15) is 15.9 Å². The molecule has 0 N–H and O–H groups in total. The maximum Gasteiger partial charge on any atom is 0.231 e. The van der Waals surface area contributed by atoms with Gasteiger partial charge in [-0.15, -0.1) is 0 Å². The smallest absolute Gasteiger partial charge is 0.231 e. The number of carbonyl (C=O) groups is 1. The number of fused-ring (bicyclic) bond motifs is 1. The SMILES string of the molecule is COc1ccc(C=C2Oc3cc(OCC#N)ccc3C2=O)c(OC)c1. The third-order valence-corrected chi connectivity index (χ3v) is 3.67. The zero-order chi connectivity index (χ0) is 17.8. The second-order valence-electron chi connectivity index (χ2n) is 5.15. The van der Waals surface area contributed by atoms with Crippen LogP contribution in [-0.2, 0) is 0 Å². The molecule has 6 heteroatoms. The average molecular weight is 337 g/mol. The zero-order valence-electron chi connectivity index (χ0n) is 13.7. The van der Waals surface area contributed by atoms with Crippen LogP contribution < -0.4 is 18.9 Å². The summed E-state index contributed by atoms with van der Waals surface area (Å²) in [5, 5.41) is 8.57. The number of hydrogen-bond donors (Lipinski definition) is 0. The van der Waals surface area contributed by atoms with E-state index in [1.54, 1.807) is 56.7 Å². The average Bonchev–Trinajstić information content (AvgIpc) is 2.95. The van der Waals surface area contributed by atoms with E-state index in [2.05, 4.69) is 0 Å². The first-order valence-corrected chi connectivity index (χ1v) is 7.46. The summed E-state index contributed by atoms with van der Waals surface area (Å²) in [6.45, 7) is -0.0710. The van der Waals surface area contributed by atoms with Crippen molar-refractivity contribution < 1.29 is 23.7 Å². The molecule has 3 rings (SSSR count). The number of benzene rings is 2. The normalized spacial score (nSPS) is 13.8. The van der Waals surface area contributed by atoms with Crippen LogP contribution in [-0.4, -0.2) is 26.6 Å². The van der Waals surface area contributed by atoms with E-state index in [1.807, 2.05) is 6.07 Å². The summed E-state index contributed by atoms with van der Waals surface area (Å²) in [7, 11) is 3.11. The van der Waals surface area contributed by atoms with Crippen molar-refractivity contribution in [1.82, 2.24) is 0 Å². The maximum absolute atomic E-state index is 12.5. The van der Waals surface area contributed by atoms with Crippen molar-refractivity contribution >= 4 is 11.9 Å². The Morgan fingerprint density at radius 2 is 1.92 bits per heavy atom. The number of carbonyl (C=O) groups excluding carboxylic acids is 1. The van der Waals surface area contributed by atoms with Crippen molar-refractivity contribution in [3.63, 3.8) is 0 Å². The molecule has 2 aromatic rings. The van der Waals surface area contributed by atoms with Crippen molar-refractivity contribution in [3.05, 3.63) is 53.3 Å². The molecule has 0 fully saturated rings. The van der Waals surface area contributed by atoms with Crippen LogP contribution in [0, 0.1) is 11.3 Å². The van der Waals surface area contributed by atoms with Gasteiger partial charge in [-0.2, -0.15) is 5.26 Å². The molecule has 0 bridgehead atoms. The largest absolute Gasteiger partial charge is 0.497 e. The fraction of sp³-hybridized carbons (Fsp3) is 0.158. The van der Waals surface area contributed by atoms with Crippen molar-refractivity contribution in [2.24, 2.45) is 0 Å². The number of nitriles is 1. The Morgan fingerprint density at radius 1 is 1.12 bits per heavy atom. The molecule has 0 amide bonds. The van der Waals surface area contributed by atoms with Gasteiger partial charge < -0.3 is 18.9 Å². The number of rotatable bonds is 5. The fourth-order valence-electron chi connectivity index (χ4n) is 2.45. The molecule has 0 atom stereocenters. The Hall–Kier alpha value is -3.46. The molecule has 0 saturated carbocycles. The quantitative estimate of drug-likeness (QED) is 0.780. The monoisotopic (exact) mass is 337 g/mol. The number of allylic oxidation sites excluding steroid dienone is 1. The lowest BCUT2D eigenvalue weighted by Gasteiger charge is -2.08. The van der Waals surface area contributed by atoms with Gasteiger partial charge in [-0.3, -0.25) is 4.79 Å². The molecule has 1 aliphatic heterocycles. The first-order valence-electron chi connectivity index (χ1n) is 7.46. The second-order valence-corrected chi connectivity index (χ2v) is 5.15. The third kappa shape index (κ3) is 3.26. The van der Waals surface area contributed by atoms with E-state index < -0.39 is 0 Å². The lowest BCUT2D eigenvalue weighted by molar-refractivity contribution is 0.101. The van der Waals surface area contributed by atoms with Gasteiger partial charge in [0.15, 0.2) is 12.4 Å². The molecule has 0 aliphatic carbocycles. The molecular formula is C19H15NO5. The highest BCUT2D eigenvalue weighted by molar-refractivity contribution is 6.14. The molecule has 1 aliphatic rings. The molecule has 6 nitrogen and oxygen atoms in total. The molecule has 0 radical (unpaired) electrons. The topological polar surface area (TPSA) is 77.8 Å². The molecule has 2 aromatic carbocycles. The van der Waals surface area contributed by atoms with Crippen molar-refractivity contribution in [3.8, 4) is 29.1 Å². The third-order valence-electron chi connectivity index (χ3n) is 3.67. The fourth-order valence-corrected chi connectivity index (χ4v) is 2.45. The number of ketones is 1.